The molecule has 7 nitrogen and oxygen atoms in total. The summed E-state index contributed by atoms with van der Waals surface area (Å²) in [5.41, 5.74) is 2.20. The summed E-state index contributed by atoms with van der Waals surface area (Å²) in [6.07, 6.45) is -0.667. The fraction of sp³-hybridized carbons (Fsp3) is 0.308. The fourth-order valence-corrected chi connectivity index (χ4v) is 3.69. The van der Waals surface area contributed by atoms with Crippen molar-refractivity contribution < 1.29 is 28.8 Å². The van der Waals surface area contributed by atoms with Crippen molar-refractivity contribution in [1.29, 1.82) is 0 Å². The van der Waals surface area contributed by atoms with Crippen LogP contribution in [0, 0.1) is 0 Å². The van der Waals surface area contributed by atoms with Gasteiger partial charge in [0.25, 0.3) is 0 Å². The van der Waals surface area contributed by atoms with E-state index in [1.807, 2.05) is 66.7 Å². The number of ether oxygens (including phenoxy) is 5. The van der Waals surface area contributed by atoms with E-state index in [4.69, 9.17) is 23.7 Å². The second kappa shape index (κ2) is 10.9. The third kappa shape index (κ3) is 6.31. The molecule has 1 N–H and O–H groups in total. The van der Waals surface area contributed by atoms with Gasteiger partial charge in [0.15, 0.2) is 11.5 Å². The molecule has 0 saturated carbocycles. The number of nitrogens with zero attached hydrogens (tertiary/aromatic N) is 1. The van der Waals surface area contributed by atoms with Crippen LogP contribution in [-0.4, -0.2) is 50.3 Å². The molecular formula is C26H29NO6. The van der Waals surface area contributed by atoms with Crippen LogP contribution in [0.1, 0.15) is 11.1 Å². The van der Waals surface area contributed by atoms with Crippen molar-refractivity contribution in [3.05, 3.63) is 77.9 Å². The second-order valence-corrected chi connectivity index (χ2v) is 7.85. The van der Waals surface area contributed by atoms with E-state index in [0.29, 0.717) is 25.4 Å². The standard InChI is InChI=1S/C26H29NO6/c1-29-22-6-3-19(4-7-22)14-27(15-20-5-12-25-26(13-20)33-18-32-25)16-21(28)17-31-24-10-8-23(30-2)9-11-24/h3-13,21,28H,14-18H2,1-2H3. The molecule has 33 heavy (non-hydrogen) atoms. The van der Waals surface area contributed by atoms with Gasteiger partial charge in [-0.25, -0.2) is 0 Å². The van der Waals surface area contributed by atoms with E-state index >= 15 is 0 Å². The van der Waals surface area contributed by atoms with Gasteiger partial charge in [0, 0.05) is 19.6 Å². The van der Waals surface area contributed by atoms with Crippen molar-refractivity contribution >= 4 is 0 Å². The lowest BCUT2D eigenvalue weighted by Gasteiger charge is -2.25. The van der Waals surface area contributed by atoms with E-state index in [1.165, 1.54) is 0 Å². The number of methoxy groups -OCH3 is 2. The van der Waals surface area contributed by atoms with Crippen molar-refractivity contribution in [1.82, 2.24) is 4.90 Å². The van der Waals surface area contributed by atoms with Crippen LogP contribution in [0.15, 0.2) is 66.7 Å². The summed E-state index contributed by atoms with van der Waals surface area (Å²) >= 11 is 0. The van der Waals surface area contributed by atoms with E-state index in [2.05, 4.69) is 4.90 Å². The minimum absolute atomic E-state index is 0.187. The Balaban J connectivity index is 1.41. The van der Waals surface area contributed by atoms with Gasteiger partial charge in [-0.3, -0.25) is 4.90 Å². The molecule has 1 aliphatic heterocycles. The maximum absolute atomic E-state index is 10.7. The van der Waals surface area contributed by atoms with Gasteiger partial charge in [0.05, 0.1) is 14.2 Å². The van der Waals surface area contributed by atoms with Crippen molar-refractivity contribution in [2.45, 2.75) is 19.2 Å². The van der Waals surface area contributed by atoms with Gasteiger partial charge in [0.2, 0.25) is 6.79 Å². The number of fused-ring (bicyclic) bond motifs is 1. The molecule has 0 amide bonds. The highest BCUT2D eigenvalue weighted by molar-refractivity contribution is 5.44. The van der Waals surface area contributed by atoms with Crippen LogP contribution in [0.2, 0.25) is 0 Å². The van der Waals surface area contributed by atoms with Gasteiger partial charge in [-0.2, -0.15) is 0 Å². The molecule has 7 heteroatoms. The molecule has 0 fully saturated rings. The number of hydrogen-bond donors (Lipinski definition) is 1. The summed E-state index contributed by atoms with van der Waals surface area (Å²) in [5, 5.41) is 10.7. The zero-order valence-corrected chi connectivity index (χ0v) is 18.9. The molecule has 1 heterocycles. The van der Waals surface area contributed by atoms with Gasteiger partial charge in [0.1, 0.15) is 30.0 Å². The molecular weight excluding hydrogens is 422 g/mol. The van der Waals surface area contributed by atoms with Gasteiger partial charge < -0.3 is 28.8 Å². The van der Waals surface area contributed by atoms with Gasteiger partial charge in [-0.1, -0.05) is 18.2 Å². The van der Waals surface area contributed by atoms with Crippen molar-refractivity contribution in [2.75, 3.05) is 34.2 Å². The van der Waals surface area contributed by atoms with Crippen LogP contribution in [0.25, 0.3) is 0 Å². The van der Waals surface area contributed by atoms with E-state index < -0.39 is 6.10 Å². The number of aliphatic hydroxyl groups excluding tert-OH is 1. The highest BCUT2D eigenvalue weighted by atomic mass is 16.7. The summed E-state index contributed by atoms with van der Waals surface area (Å²) in [7, 11) is 3.28. The monoisotopic (exact) mass is 451 g/mol. The molecule has 0 aliphatic carbocycles. The first kappa shape index (κ1) is 22.8. The zero-order valence-electron chi connectivity index (χ0n) is 18.9. The molecule has 1 aliphatic rings. The Morgan fingerprint density at radius 2 is 1.36 bits per heavy atom. The predicted octanol–water partition coefficient (Wildman–Crippen LogP) is 3.87. The predicted molar refractivity (Wildman–Crippen MR) is 124 cm³/mol. The molecule has 0 bridgehead atoms. The van der Waals surface area contributed by atoms with Gasteiger partial charge >= 0.3 is 0 Å². The molecule has 0 spiro atoms. The largest absolute Gasteiger partial charge is 0.497 e. The number of hydrogen-bond acceptors (Lipinski definition) is 7. The van der Waals surface area contributed by atoms with Crippen LogP contribution in [0.4, 0.5) is 0 Å². The summed E-state index contributed by atoms with van der Waals surface area (Å²) in [5.74, 6) is 3.77. The van der Waals surface area contributed by atoms with Gasteiger partial charge in [-0.15, -0.1) is 0 Å². The van der Waals surface area contributed by atoms with Crippen LogP contribution >= 0.6 is 0 Å². The molecule has 0 radical (unpaired) electrons. The minimum atomic E-state index is -0.667. The molecule has 1 unspecified atom stereocenters. The van der Waals surface area contributed by atoms with E-state index in [1.54, 1.807) is 14.2 Å². The highest BCUT2D eigenvalue weighted by Gasteiger charge is 2.17. The third-order valence-electron chi connectivity index (χ3n) is 5.38. The smallest absolute Gasteiger partial charge is 0.231 e. The topological polar surface area (TPSA) is 69.6 Å². The molecule has 4 rings (SSSR count). The first-order valence-electron chi connectivity index (χ1n) is 10.8. The number of benzene rings is 3. The van der Waals surface area contributed by atoms with E-state index in [-0.39, 0.29) is 13.4 Å². The molecule has 3 aromatic carbocycles. The summed E-state index contributed by atoms with van der Waals surface area (Å²) in [4.78, 5) is 2.18. The van der Waals surface area contributed by atoms with Crippen LogP contribution in [0.3, 0.4) is 0 Å². The van der Waals surface area contributed by atoms with Crippen molar-refractivity contribution in [3.8, 4) is 28.7 Å². The maximum Gasteiger partial charge on any atom is 0.231 e. The fourth-order valence-electron chi connectivity index (χ4n) is 3.69. The molecule has 3 aromatic rings. The quantitative estimate of drug-likeness (QED) is 0.475. The average Bonchev–Trinajstić information content (AvgIpc) is 3.31. The first-order chi connectivity index (χ1) is 16.1. The Hall–Kier alpha value is -3.42. The number of rotatable bonds is 11. The Bertz CT molecular complexity index is 1020. The Kier molecular flexibility index (Phi) is 7.55. The molecule has 0 aromatic heterocycles. The molecule has 0 saturated heterocycles. The lowest BCUT2D eigenvalue weighted by molar-refractivity contribution is 0.0628. The molecule has 1 atom stereocenters. The summed E-state index contributed by atoms with van der Waals surface area (Å²) in [6, 6.07) is 21.2. The van der Waals surface area contributed by atoms with Crippen LogP contribution < -0.4 is 23.7 Å². The molecule has 174 valence electrons. The summed E-state index contributed by atoms with van der Waals surface area (Å²) < 4.78 is 27.1. The van der Waals surface area contributed by atoms with Crippen molar-refractivity contribution in [3.63, 3.8) is 0 Å². The lowest BCUT2D eigenvalue weighted by Crippen LogP contribution is -2.35. The minimum Gasteiger partial charge on any atom is -0.497 e. The van der Waals surface area contributed by atoms with E-state index in [0.717, 1.165) is 34.1 Å². The van der Waals surface area contributed by atoms with E-state index in [9.17, 15) is 5.11 Å². The SMILES string of the molecule is COc1ccc(CN(Cc2ccc3c(c2)OCO3)CC(O)COc2ccc(OC)cc2)cc1. The summed E-state index contributed by atoms with van der Waals surface area (Å²) in [6.45, 7) is 2.18. The van der Waals surface area contributed by atoms with Crippen LogP contribution in [0.5, 0.6) is 28.7 Å². The Labute approximate surface area is 194 Å². The Morgan fingerprint density at radius 3 is 2.06 bits per heavy atom. The average molecular weight is 452 g/mol. The highest BCUT2D eigenvalue weighted by Crippen LogP contribution is 2.33. The third-order valence-corrected chi connectivity index (χ3v) is 5.38. The van der Waals surface area contributed by atoms with Gasteiger partial charge in [-0.05, 0) is 59.7 Å². The second-order valence-electron chi connectivity index (χ2n) is 7.85. The zero-order chi connectivity index (χ0) is 23.0. The maximum atomic E-state index is 10.7. The lowest BCUT2D eigenvalue weighted by atomic mass is 10.1. The van der Waals surface area contributed by atoms with Crippen molar-refractivity contribution in [2.24, 2.45) is 0 Å². The first-order valence-corrected chi connectivity index (χ1v) is 10.8. The Morgan fingerprint density at radius 1 is 0.788 bits per heavy atom. The normalized spacial score (nSPS) is 13.1. The van der Waals surface area contributed by atoms with Crippen LogP contribution in [-0.2, 0) is 13.1 Å². The number of aliphatic hydroxyl groups is 1.